The second-order valence-corrected chi connectivity index (χ2v) is 6.05. The standard InChI is InChI=1S/C20H19N3O2/c1-2-19(24)23-10-9-15-7-8-18(11-17(15)13-23)22-20(25)16-5-3-14(12-21)4-6-16/h3-8,11H,2,9-10,13H2,1H3,(H,22,25). The van der Waals surface area contributed by atoms with Gasteiger partial charge in [-0.05, 0) is 53.9 Å². The fourth-order valence-corrected chi connectivity index (χ4v) is 2.97. The van der Waals surface area contributed by atoms with Crippen molar-refractivity contribution in [1.82, 2.24) is 4.90 Å². The van der Waals surface area contributed by atoms with Crippen LogP contribution >= 0.6 is 0 Å². The summed E-state index contributed by atoms with van der Waals surface area (Å²) in [7, 11) is 0. The number of benzene rings is 2. The van der Waals surface area contributed by atoms with E-state index in [2.05, 4.69) is 5.32 Å². The second-order valence-electron chi connectivity index (χ2n) is 6.05. The van der Waals surface area contributed by atoms with Crippen LogP contribution in [0.3, 0.4) is 0 Å². The van der Waals surface area contributed by atoms with Crippen LogP contribution in [-0.4, -0.2) is 23.3 Å². The molecule has 1 heterocycles. The SMILES string of the molecule is CCC(=O)N1CCc2ccc(NC(=O)c3ccc(C#N)cc3)cc2C1. The zero-order chi connectivity index (χ0) is 17.8. The van der Waals surface area contributed by atoms with E-state index >= 15 is 0 Å². The highest BCUT2D eigenvalue weighted by Crippen LogP contribution is 2.23. The highest BCUT2D eigenvalue weighted by molar-refractivity contribution is 6.04. The molecule has 0 atom stereocenters. The molecule has 2 aromatic carbocycles. The van der Waals surface area contributed by atoms with Crippen LogP contribution in [-0.2, 0) is 17.8 Å². The molecule has 2 amide bonds. The number of fused-ring (bicyclic) bond motifs is 1. The number of nitrogens with one attached hydrogen (secondary N) is 1. The third-order valence-electron chi connectivity index (χ3n) is 4.41. The summed E-state index contributed by atoms with van der Waals surface area (Å²) in [5.41, 5.74) is 4.02. The Morgan fingerprint density at radius 2 is 1.92 bits per heavy atom. The molecule has 0 spiro atoms. The summed E-state index contributed by atoms with van der Waals surface area (Å²) >= 11 is 0. The van der Waals surface area contributed by atoms with Crippen LogP contribution in [0.2, 0.25) is 0 Å². The minimum absolute atomic E-state index is 0.151. The van der Waals surface area contributed by atoms with Crippen LogP contribution < -0.4 is 5.32 Å². The smallest absolute Gasteiger partial charge is 0.255 e. The van der Waals surface area contributed by atoms with Gasteiger partial charge in [-0.25, -0.2) is 0 Å². The maximum absolute atomic E-state index is 12.3. The van der Waals surface area contributed by atoms with Gasteiger partial charge in [-0.15, -0.1) is 0 Å². The molecule has 25 heavy (non-hydrogen) atoms. The van der Waals surface area contributed by atoms with Gasteiger partial charge in [0.15, 0.2) is 0 Å². The van der Waals surface area contributed by atoms with Gasteiger partial charge in [0.25, 0.3) is 5.91 Å². The van der Waals surface area contributed by atoms with Gasteiger partial charge in [-0.1, -0.05) is 13.0 Å². The molecule has 1 N–H and O–H groups in total. The summed E-state index contributed by atoms with van der Waals surface area (Å²) in [6, 6.07) is 14.4. The molecule has 0 aliphatic carbocycles. The summed E-state index contributed by atoms with van der Waals surface area (Å²) in [6.07, 6.45) is 1.34. The molecule has 5 nitrogen and oxygen atoms in total. The first kappa shape index (κ1) is 16.7. The van der Waals surface area contributed by atoms with Crippen molar-refractivity contribution in [2.45, 2.75) is 26.3 Å². The molecule has 126 valence electrons. The van der Waals surface area contributed by atoms with Gasteiger partial charge in [-0.2, -0.15) is 5.26 Å². The van der Waals surface area contributed by atoms with Crippen molar-refractivity contribution in [3.63, 3.8) is 0 Å². The maximum atomic E-state index is 12.3. The summed E-state index contributed by atoms with van der Waals surface area (Å²) < 4.78 is 0. The first-order chi connectivity index (χ1) is 12.1. The zero-order valence-electron chi connectivity index (χ0n) is 14.1. The number of rotatable bonds is 3. The molecular weight excluding hydrogens is 314 g/mol. The quantitative estimate of drug-likeness (QED) is 0.938. The normalized spacial score (nSPS) is 12.9. The van der Waals surface area contributed by atoms with E-state index in [0.717, 1.165) is 18.5 Å². The average molecular weight is 333 g/mol. The van der Waals surface area contributed by atoms with Gasteiger partial charge in [0.05, 0.1) is 11.6 Å². The third-order valence-corrected chi connectivity index (χ3v) is 4.41. The summed E-state index contributed by atoms with van der Waals surface area (Å²) in [4.78, 5) is 26.1. The van der Waals surface area contributed by atoms with Crippen molar-refractivity contribution in [2.75, 3.05) is 11.9 Å². The average Bonchev–Trinajstić information content (AvgIpc) is 2.66. The van der Waals surface area contributed by atoms with Gasteiger partial charge in [-0.3, -0.25) is 9.59 Å². The topological polar surface area (TPSA) is 73.2 Å². The van der Waals surface area contributed by atoms with Crippen molar-refractivity contribution >= 4 is 17.5 Å². The lowest BCUT2D eigenvalue weighted by Gasteiger charge is -2.29. The van der Waals surface area contributed by atoms with Gasteiger partial charge in [0.2, 0.25) is 5.91 Å². The van der Waals surface area contributed by atoms with Gasteiger partial charge in [0, 0.05) is 30.8 Å². The lowest BCUT2D eigenvalue weighted by molar-refractivity contribution is -0.131. The van der Waals surface area contributed by atoms with E-state index in [4.69, 9.17) is 5.26 Å². The first-order valence-corrected chi connectivity index (χ1v) is 8.32. The van der Waals surface area contributed by atoms with Gasteiger partial charge >= 0.3 is 0 Å². The number of hydrogen-bond donors (Lipinski definition) is 1. The number of nitrogens with zero attached hydrogens (tertiary/aromatic N) is 2. The highest BCUT2D eigenvalue weighted by Gasteiger charge is 2.20. The molecule has 0 saturated carbocycles. The van der Waals surface area contributed by atoms with Crippen LogP contribution in [0.5, 0.6) is 0 Å². The molecule has 3 rings (SSSR count). The van der Waals surface area contributed by atoms with Crippen molar-refractivity contribution < 1.29 is 9.59 Å². The fraction of sp³-hybridized carbons (Fsp3) is 0.250. The molecule has 5 heteroatoms. The molecule has 0 radical (unpaired) electrons. The minimum atomic E-state index is -0.221. The largest absolute Gasteiger partial charge is 0.338 e. The van der Waals surface area contributed by atoms with E-state index in [1.807, 2.05) is 36.1 Å². The summed E-state index contributed by atoms with van der Waals surface area (Å²) in [5, 5.41) is 11.7. The maximum Gasteiger partial charge on any atom is 0.255 e. The fourth-order valence-electron chi connectivity index (χ4n) is 2.97. The Balaban J connectivity index is 1.74. The van der Waals surface area contributed by atoms with Crippen LogP contribution in [0.15, 0.2) is 42.5 Å². The van der Waals surface area contributed by atoms with E-state index in [1.54, 1.807) is 24.3 Å². The predicted octanol–water partition coefficient (Wildman–Crippen LogP) is 3.11. The molecule has 0 aromatic heterocycles. The Labute approximate surface area is 146 Å². The van der Waals surface area contributed by atoms with E-state index in [-0.39, 0.29) is 11.8 Å². The number of carbonyl (C=O) groups is 2. The Bertz CT molecular complexity index is 850. The Hall–Kier alpha value is -3.13. The number of carbonyl (C=O) groups excluding carboxylic acids is 2. The molecule has 0 fully saturated rings. The zero-order valence-corrected chi connectivity index (χ0v) is 14.1. The lowest BCUT2D eigenvalue weighted by Crippen LogP contribution is -2.35. The molecule has 0 saturated heterocycles. The van der Waals surface area contributed by atoms with E-state index in [9.17, 15) is 9.59 Å². The van der Waals surface area contributed by atoms with Crippen LogP contribution in [0.4, 0.5) is 5.69 Å². The Morgan fingerprint density at radius 1 is 1.16 bits per heavy atom. The lowest BCUT2D eigenvalue weighted by atomic mass is 9.98. The van der Waals surface area contributed by atoms with Gasteiger partial charge < -0.3 is 10.2 Å². The molecule has 0 bridgehead atoms. The van der Waals surface area contributed by atoms with E-state index in [1.165, 1.54) is 5.56 Å². The molecule has 2 aromatic rings. The van der Waals surface area contributed by atoms with Crippen molar-refractivity contribution in [1.29, 1.82) is 5.26 Å². The van der Waals surface area contributed by atoms with E-state index in [0.29, 0.717) is 29.8 Å². The predicted molar refractivity (Wildman–Crippen MR) is 95.0 cm³/mol. The molecular formula is C20H19N3O2. The monoisotopic (exact) mass is 333 g/mol. The molecule has 1 aliphatic rings. The number of hydrogen-bond acceptors (Lipinski definition) is 3. The highest BCUT2D eigenvalue weighted by atomic mass is 16.2. The summed E-state index contributed by atoms with van der Waals surface area (Å²) in [5.74, 6) is -0.0700. The number of anilines is 1. The molecule has 1 aliphatic heterocycles. The van der Waals surface area contributed by atoms with E-state index < -0.39 is 0 Å². The van der Waals surface area contributed by atoms with Crippen molar-refractivity contribution in [3.8, 4) is 6.07 Å². The van der Waals surface area contributed by atoms with Crippen LogP contribution in [0.1, 0.15) is 40.4 Å². The number of amides is 2. The minimum Gasteiger partial charge on any atom is -0.338 e. The van der Waals surface area contributed by atoms with Crippen LogP contribution in [0.25, 0.3) is 0 Å². The first-order valence-electron chi connectivity index (χ1n) is 8.32. The van der Waals surface area contributed by atoms with Crippen molar-refractivity contribution in [3.05, 3.63) is 64.7 Å². The second kappa shape index (κ2) is 7.18. The third kappa shape index (κ3) is 3.69. The Morgan fingerprint density at radius 3 is 2.60 bits per heavy atom. The van der Waals surface area contributed by atoms with Crippen LogP contribution in [0, 0.1) is 11.3 Å². The Kier molecular flexibility index (Phi) is 4.80. The molecule has 0 unspecified atom stereocenters. The van der Waals surface area contributed by atoms with Gasteiger partial charge in [0.1, 0.15) is 0 Å². The number of nitriles is 1. The summed E-state index contributed by atoms with van der Waals surface area (Å²) in [6.45, 7) is 3.20. The van der Waals surface area contributed by atoms with Crippen molar-refractivity contribution in [2.24, 2.45) is 0 Å².